The average molecular weight is 354 g/mol. The predicted octanol–water partition coefficient (Wildman–Crippen LogP) is 2.89. The van der Waals surface area contributed by atoms with Crippen LogP contribution in [0.3, 0.4) is 0 Å². The Balaban J connectivity index is 2.56. The highest BCUT2D eigenvalue weighted by molar-refractivity contribution is 6.06. The van der Waals surface area contributed by atoms with Gasteiger partial charge in [0.15, 0.2) is 12.4 Å². The van der Waals surface area contributed by atoms with Crippen molar-refractivity contribution in [1.82, 2.24) is 0 Å². The van der Waals surface area contributed by atoms with Crippen molar-refractivity contribution < 1.29 is 32.2 Å². The van der Waals surface area contributed by atoms with E-state index < -0.39 is 36.4 Å². The number of nitrogens with zero attached hydrogens (tertiary/aromatic N) is 1. The van der Waals surface area contributed by atoms with Crippen LogP contribution in [0.4, 0.5) is 13.2 Å². The third-order valence-corrected chi connectivity index (χ3v) is 2.77. The monoisotopic (exact) mass is 354 g/mol. The van der Waals surface area contributed by atoms with Gasteiger partial charge < -0.3 is 14.9 Å². The molecule has 1 aromatic rings. The van der Waals surface area contributed by atoms with Crippen LogP contribution in [0.5, 0.6) is 5.75 Å². The van der Waals surface area contributed by atoms with E-state index in [2.05, 4.69) is 9.47 Å². The van der Waals surface area contributed by atoms with Crippen LogP contribution in [-0.4, -0.2) is 30.4 Å². The molecule has 0 aliphatic carbocycles. The Labute approximate surface area is 141 Å². The molecule has 0 aliphatic heterocycles. The van der Waals surface area contributed by atoms with Crippen LogP contribution in [0.15, 0.2) is 30.3 Å². The highest BCUT2D eigenvalue weighted by Gasteiger charge is 2.30. The molecule has 0 aliphatic rings. The second-order valence-corrected chi connectivity index (χ2v) is 4.77. The molecule has 1 N–H and O–H groups in total. The van der Waals surface area contributed by atoms with Gasteiger partial charge >= 0.3 is 12.3 Å². The molecule has 0 saturated heterocycles. The van der Waals surface area contributed by atoms with Gasteiger partial charge in [0, 0.05) is 11.8 Å². The number of ketones is 1. The molecule has 0 fully saturated rings. The summed E-state index contributed by atoms with van der Waals surface area (Å²) in [5.74, 6) is -3.26. The minimum Gasteiger partial charge on any atom is -0.454 e. The van der Waals surface area contributed by atoms with Gasteiger partial charge in [0.1, 0.15) is 11.7 Å². The summed E-state index contributed by atoms with van der Waals surface area (Å²) < 4.78 is 44.4. The topological polar surface area (TPSA) is 100 Å². The highest BCUT2D eigenvalue weighted by atomic mass is 19.4. The van der Waals surface area contributed by atoms with Gasteiger partial charge in [0.2, 0.25) is 0 Å². The van der Waals surface area contributed by atoms with Gasteiger partial charge in [-0.05, 0) is 30.7 Å². The van der Waals surface area contributed by atoms with E-state index in [1.54, 1.807) is 6.07 Å². The number of nitrogens with one attached hydrogen (secondary N) is 1. The zero-order valence-corrected chi connectivity index (χ0v) is 13.0. The molecule has 0 amide bonds. The highest BCUT2D eigenvalue weighted by Crippen LogP contribution is 2.22. The van der Waals surface area contributed by atoms with Crippen molar-refractivity contribution in [1.29, 1.82) is 10.7 Å². The van der Waals surface area contributed by atoms with Crippen molar-refractivity contribution in [2.75, 3.05) is 6.61 Å². The number of benzene rings is 1. The second kappa shape index (κ2) is 8.63. The predicted molar refractivity (Wildman–Crippen MR) is 80.6 cm³/mol. The number of Topliss-reactive ketones (excluding diaryl/α,β-unsaturated/α-hetero) is 1. The van der Waals surface area contributed by atoms with Crippen molar-refractivity contribution >= 4 is 23.5 Å². The largest absolute Gasteiger partial charge is 0.573 e. The molecule has 1 atom stereocenters. The molecule has 1 unspecified atom stereocenters. The van der Waals surface area contributed by atoms with Crippen LogP contribution >= 0.6 is 0 Å². The van der Waals surface area contributed by atoms with Crippen molar-refractivity contribution in [3.63, 3.8) is 0 Å². The second-order valence-electron chi connectivity index (χ2n) is 4.77. The fraction of sp³-hybridized carbons (Fsp3) is 0.250. The van der Waals surface area contributed by atoms with Crippen LogP contribution in [0.1, 0.15) is 12.5 Å². The standard InChI is InChI=1S/C16H13F3N2O4/c1-10(21)13(8-20)14(22)9-24-15(23)7-4-11-2-5-12(6-3-11)25-16(17,18)19/h2-7,13,21H,9H2,1H3/b7-4+,21-10?. The molecule has 6 nitrogen and oxygen atoms in total. The van der Waals surface area contributed by atoms with Gasteiger partial charge in [-0.15, -0.1) is 13.2 Å². The van der Waals surface area contributed by atoms with Gasteiger partial charge in [-0.25, -0.2) is 4.79 Å². The third-order valence-electron chi connectivity index (χ3n) is 2.77. The van der Waals surface area contributed by atoms with Crippen LogP contribution in [-0.2, 0) is 14.3 Å². The Morgan fingerprint density at radius 3 is 2.40 bits per heavy atom. The number of esters is 1. The Morgan fingerprint density at radius 1 is 1.32 bits per heavy atom. The van der Waals surface area contributed by atoms with E-state index in [9.17, 15) is 22.8 Å². The summed E-state index contributed by atoms with van der Waals surface area (Å²) in [5.41, 5.74) is 0.253. The Bertz CT molecular complexity index is 718. The number of halogens is 3. The van der Waals surface area contributed by atoms with E-state index in [-0.39, 0.29) is 5.71 Å². The molecule has 0 bridgehead atoms. The molecule has 0 radical (unpaired) electrons. The Morgan fingerprint density at radius 2 is 1.92 bits per heavy atom. The summed E-state index contributed by atoms with van der Waals surface area (Å²) in [7, 11) is 0. The molecule has 9 heteroatoms. The summed E-state index contributed by atoms with van der Waals surface area (Å²) in [6, 6.07) is 6.36. The van der Waals surface area contributed by atoms with Crippen molar-refractivity contribution in [2.45, 2.75) is 13.3 Å². The first-order valence-corrected chi connectivity index (χ1v) is 6.80. The quantitative estimate of drug-likeness (QED) is 0.461. The fourth-order valence-corrected chi connectivity index (χ4v) is 1.63. The SMILES string of the molecule is CC(=N)C(C#N)C(=O)COC(=O)/C=C/c1ccc(OC(F)(F)F)cc1. The number of hydrogen-bond acceptors (Lipinski definition) is 6. The lowest BCUT2D eigenvalue weighted by Gasteiger charge is -2.08. The average Bonchev–Trinajstić information content (AvgIpc) is 2.51. The number of ether oxygens (including phenoxy) is 2. The lowest BCUT2D eigenvalue weighted by Crippen LogP contribution is -2.25. The first kappa shape index (κ1) is 19.9. The Kier molecular flexibility index (Phi) is 6.87. The Hall–Kier alpha value is -3.15. The van der Waals surface area contributed by atoms with Crippen molar-refractivity contribution in [3.8, 4) is 11.8 Å². The summed E-state index contributed by atoms with van der Waals surface area (Å²) in [5, 5.41) is 16.0. The molecule has 1 aromatic carbocycles. The van der Waals surface area contributed by atoms with Gasteiger partial charge in [-0.1, -0.05) is 12.1 Å². The zero-order chi connectivity index (χ0) is 19.0. The fourth-order valence-electron chi connectivity index (χ4n) is 1.63. The number of carbonyl (C=O) groups excluding carboxylic acids is 2. The molecule has 132 valence electrons. The first-order chi connectivity index (χ1) is 11.6. The van der Waals surface area contributed by atoms with Crippen LogP contribution in [0, 0.1) is 22.7 Å². The van der Waals surface area contributed by atoms with Gasteiger partial charge in [0.25, 0.3) is 0 Å². The number of rotatable bonds is 7. The number of hydrogen-bond donors (Lipinski definition) is 1. The normalized spacial score (nSPS) is 12.3. The lowest BCUT2D eigenvalue weighted by atomic mass is 10.0. The zero-order valence-electron chi connectivity index (χ0n) is 13.0. The summed E-state index contributed by atoms with van der Waals surface area (Å²) in [6.07, 6.45) is -2.54. The molecule has 25 heavy (non-hydrogen) atoms. The van der Waals surface area contributed by atoms with E-state index in [4.69, 9.17) is 10.7 Å². The summed E-state index contributed by atoms with van der Waals surface area (Å²) in [6.45, 7) is 0.635. The van der Waals surface area contributed by atoms with E-state index in [0.717, 1.165) is 18.2 Å². The third kappa shape index (κ3) is 7.30. The molecular weight excluding hydrogens is 341 g/mol. The first-order valence-electron chi connectivity index (χ1n) is 6.80. The van der Waals surface area contributed by atoms with E-state index in [0.29, 0.717) is 5.56 Å². The lowest BCUT2D eigenvalue weighted by molar-refractivity contribution is -0.274. The maximum absolute atomic E-state index is 12.0. The van der Waals surface area contributed by atoms with Gasteiger partial charge in [-0.3, -0.25) is 4.79 Å². The van der Waals surface area contributed by atoms with Crippen LogP contribution in [0.25, 0.3) is 6.08 Å². The van der Waals surface area contributed by atoms with E-state index >= 15 is 0 Å². The molecule has 1 rings (SSSR count). The maximum Gasteiger partial charge on any atom is 0.573 e. The number of carbonyl (C=O) groups is 2. The summed E-state index contributed by atoms with van der Waals surface area (Å²) in [4.78, 5) is 23.1. The molecule has 0 aromatic heterocycles. The molecule has 0 spiro atoms. The van der Waals surface area contributed by atoms with Crippen molar-refractivity contribution in [2.24, 2.45) is 5.92 Å². The number of alkyl halides is 3. The number of nitriles is 1. The van der Waals surface area contributed by atoms with Gasteiger partial charge in [-0.2, -0.15) is 5.26 Å². The van der Waals surface area contributed by atoms with Crippen molar-refractivity contribution in [3.05, 3.63) is 35.9 Å². The van der Waals surface area contributed by atoms with Gasteiger partial charge in [0.05, 0.1) is 6.07 Å². The maximum atomic E-state index is 12.0. The minimum absolute atomic E-state index is 0.153. The van der Waals surface area contributed by atoms with E-state index in [1.165, 1.54) is 25.1 Å². The van der Waals surface area contributed by atoms with E-state index in [1.807, 2.05) is 0 Å². The van der Waals surface area contributed by atoms with Crippen LogP contribution in [0.2, 0.25) is 0 Å². The molecular formula is C16H13F3N2O4. The minimum atomic E-state index is -4.79. The molecule has 0 saturated carbocycles. The smallest absolute Gasteiger partial charge is 0.454 e. The van der Waals surface area contributed by atoms with Crippen LogP contribution < -0.4 is 4.74 Å². The summed E-state index contributed by atoms with van der Waals surface area (Å²) >= 11 is 0. The molecule has 0 heterocycles.